The van der Waals surface area contributed by atoms with Crippen LogP contribution in [0.4, 0.5) is 5.69 Å². The number of para-hydroxylation sites is 2. The van der Waals surface area contributed by atoms with E-state index in [9.17, 15) is 9.59 Å². The van der Waals surface area contributed by atoms with E-state index in [-0.39, 0.29) is 5.91 Å². The zero-order valence-corrected chi connectivity index (χ0v) is 17.4. The van der Waals surface area contributed by atoms with Gasteiger partial charge in [0.1, 0.15) is 16.7 Å². The first-order valence-electron chi connectivity index (χ1n) is 10.5. The Balaban J connectivity index is 1.27. The Bertz CT molecular complexity index is 1730. The minimum absolute atomic E-state index is 0.248. The fourth-order valence-electron chi connectivity index (χ4n) is 4.07. The molecule has 2 heterocycles. The second-order valence-electron chi connectivity index (χ2n) is 7.83. The maximum absolute atomic E-state index is 12.8. The van der Waals surface area contributed by atoms with Crippen LogP contribution in [0.15, 0.2) is 111 Å². The van der Waals surface area contributed by atoms with Gasteiger partial charge in [0.2, 0.25) is 0 Å². The summed E-state index contributed by atoms with van der Waals surface area (Å²) in [5.74, 6) is -0.248. The van der Waals surface area contributed by atoms with Crippen molar-refractivity contribution in [1.29, 1.82) is 0 Å². The summed E-state index contributed by atoms with van der Waals surface area (Å²) in [7, 11) is 0. The standard InChI is InChI=1S/C28H17NO4/c30-27(29-20-13-14-22-21-6-2-4-8-25(21)32-26(22)16-20)18-11-9-17(10-12-18)23-15-19-5-1-3-7-24(19)33-28(23)31/h1-16H,(H,29,30). The summed E-state index contributed by atoms with van der Waals surface area (Å²) in [6.45, 7) is 0. The van der Waals surface area contributed by atoms with Crippen LogP contribution in [0.25, 0.3) is 44.0 Å². The fraction of sp³-hybridized carbons (Fsp3) is 0. The minimum Gasteiger partial charge on any atom is -0.456 e. The highest BCUT2D eigenvalue weighted by atomic mass is 16.4. The lowest BCUT2D eigenvalue weighted by Crippen LogP contribution is -2.11. The van der Waals surface area contributed by atoms with Crippen LogP contribution in [0.1, 0.15) is 10.4 Å². The van der Waals surface area contributed by atoms with Gasteiger partial charge in [-0.25, -0.2) is 4.79 Å². The lowest BCUT2D eigenvalue weighted by Gasteiger charge is -2.07. The first-order chi connectivity index (χ1) is 16.2. The van der Waals surface area contributed by atoms with E-state index in [0.29, 0.717) is 33.5 Å². The topological polar surface area (TPSA) is 72.5 Å². The van der Waals surface area contributed by atoms with Gasteiger partial charge in [0.25, 0.3) is 5.91 Å². The fourth-order valence-corrected chi connectivity index (χ4v) is 4.07. The molecule has 0 unspecified atom stereocenters. The molecule has 1 N–H and O–H groups in total. The van der Waals surface area contributed by atoms with E-state index < -0.39 is 5.63 Å². The molecule has 6 rings (SSSR count). The zero-order valence-electron chi connectivity index (χ0n) is 17.4. The quantitative estimate of drug-likeness (QED) is 0.320. The molecule has 0 radical (unpaired) electrons. The number of fused-ring (bicyclic) bond motifs is 4. The number of carbonyl (C=O) groups is 1. The van der Waals surface area contributed by atoms with Gasteiger partial charge in [-0.1, -0.05) is 48.5 Å². The molecule has 4 aromatic carbocycles. The molecule has 2 aromatic heterocycles. The average molecular weight is 431 g/mol. The van der Waals surface area contributed by atoms with Gasteiger partial charge >= 0.3 is 5.63 Å². The first kappa shape index (κ1) is 19.1. The third-order valence-electron chi connectivity index (χ3n) is 5.74. The SMILES string of the molecule is O=C(Nc1ccc2c(c1)oc1ccccc12)c1ccc(-c2cc3ccccc3oc2=O)cc1. The number of benzene rings is 4. The molecule has 0 saturated heterocycles. The van der Waals surface area contributed by atoms with Gasteiger partial charge in [-0.15, -0.1) is 0 Å². The molecule has 0 spiro atoms. The molecule has 0 fully saturated rings. The van der Waals surface area contributed by atoms with E-state index in [1.54, 1.807) is 36.4 Å². The Kier molecular flexibility index (Phi) is 4.33. The lowest BCUT2D eigenvalue weighted by molar-refractivity contribution is 0.102. The maximum atomic E-state index is 12.8. The van der Waals surface area contributed by atoms with Crippen molar-refractivity contribution >= 4 is 44.5 Å². The van der Waals surface area contributed by atoms with E-state index in [1.165, 1.54) is 0 Å². The predicted octanol–water partition coefficient (Wildman–Crippen LogP) is 6.61. The molecule has 6 aromatic rings. The summed E-state index contributed by atoms with van der Waals surface area (Å²) >= 11 is 0. The van der Waals surface area contributed by atoms with Crippen molar-refractivity contribution in [2.45, 2.75) is 0 Å². The van der Waals surface area contributed by atoms with E-state index in [4.69, 9.17) is 8.83 Å². The largest absolute Gasteiger partial charge is 0.456 e. The van der Waals surface area contributed by atoms with Crippen LogP contribution in [0.3, 0.4) is 0 Å². The normalized spacial score (nSPS) is 11.3. The summed E-state index contributed by atoms with van der Waals surface area (Å²) in [6.07, 6.45) is 0. The first-order valence-corrected chi connectivity index (χ1v) is 10.5. The highest BCUT2D eigenvalue weighted by Gasteiger charge is 2.12. The Labute approximate surface area is 187 Å². The minimum atomic E-state index is -0.412. The molecule has 5 heteroatoms. The molecule has 33 heavy (non-hydrogen) atoms. The maximum Gasteiger partial charge on any atom is 0.344 e. The van der Waals surface area contributed by atoms with Gasteiger partial charge in [-0.2, -0.15) is 0 Å². The monoisotopic (exact) mass is 431 g/mol. The van der Waals surface area contributed by atoms with Gasteiger partial charge in [0.05, 0.1) is 5.56 Å². The van der Waals surface area contributed by atoms with Crippen molar-refractivity contribution in [2.24, 2.45) is 0 Å². The number of anilines is 1. The lowest BCUT2D eigenvalue weighted by atomic mass is 10.0. The third kappa shape index (κ3) is 3.36. The molecule has 0 atom stereocenters. The molecule has 0 bridgehead atoms. The van der Waals surface area contributed by atoms with Crippen molar-refractivity contribution in [3.05, 3.63) is 113 Å². The summed E-state index contributed by atoms with van der Waals surface area (Å²) in [6, 6.07) is 29.5. The van der Waals surface area contributed by atoms with Crippen LogP contribution < -0.4 is 10.9 Å². The van der Waals surface area contributed by atoms with Crippen LogP contribution in [-0.2, 0) is 0 Å². The number of amides is 1. The smallest absolute Gasteiger partial charge is 0.344 e. The van der Waals surface area contributed by atoms with Crippen LogP contribution >= 0.6 is 0 Å². The second kappa shape index (κ2) is 7.50. The summed E-state index contributed by atoms with van der Waals surface area (Å²) in [5.41, 5.74) is 3.93. The van der Waals surface area contributed by atoms with Crippen molar-refractivity contribution in [2.75, 3.05) is 5.32 Å². The highest BCUT2D eigenvalue weighted by molar-refractivity contribution is 6.08. The molecule has 0 aliphatic rings. The molecular formula is C28H17NO4. The van der Waals surface area contributed by atoms with E-state index in [2.05, 4.69) is 5.32 Å². The number of furan rings is 1. The Hall–Kier alpha value is -4.64. The molecule has 158 valence electrons. The van der Waals surface area contributed by atoms with Gasteiger partial charge in [-0.05, 0) is 48.0 Å². The summed E-state index contributed by atoms with van der Waals surface area (Å²) < 4.78 is 11.3. The van der Waals surface area contributed by atoms with E-state index >= 15 is 0 Å². The number of rotatable bonds is 3. The van der Waals surface area contributed by atoms with Crippen LogP contribution in [0, 0.1) is 0 Å². The average Bonchev–Trinajstić information content (AvgIpc) is 3.21. The number of carbonyl (C=O) groups excluding carboxylic acids is 1. The molecule has 5 nitrogen and oxygen atoms in total. The van der Waals surface area contributed by atoms with Crippen LogP contribution in [0.2, 0.25) is 0 Å². The predicted molar refractivity (Wildman–Crippen MR) is 130 cm³/mol. The summed E-state index contributed by atoms with van der Waals surface area (Å²) in [5, 5.41) is 5.80. The molecule has 0 saturated carbocycles. The zero-order chi connectivity index (χ0) is 22.4. The van der Waals surface area contributed by atoms with Gasteiger partial charge in [0.15, 0.2) is 0 Å². The van der Waals surface area contributed by atoms with Crippen LogP contribution in [0.5, 0.6) is 0 Å². The van der Waals surface area contributed by atoms with Crippen LogP contribution in [-0.4, -0.2) is 5.91 Å². The summed E-state index contributed by atoms with van der Waals surface area (Å²) in [4.78, 5) is 25.2. The van der Waals surface area contributed by atoms with E-state index in [0.717, 1.165) is 21.7 Å². The molecular weight excluding hydrogens is 414 g/mol. The van der Waals surface area contributed by atoms with Crippen molar-refractivity contribution in [1.82, 2.24) is 0 Å². The van der Waals surface area contributed by atoms with Crippen molar-refractivity contribution in [3.8, 4) is 11.1 Å². The third-order valence-corrected chi connectivity index (χ3v) is 5.74. The number of nitrogens with one attached hydrogen (secondary N) is 1. The Morgan fingerprint density at radius 2 is 1.39 bits per heavy atom. The Morgan fingerprint density at radius 1 is 0.667 bits per heavy atom. The van der Waals surface area contributed by atoms with Crippen molar-refractivity contribution in [3.63, 3.8) is 0 Å². The van der Waals surface area contributed by atoms with Crippen molar-refractivity contribution < 1.29 is 13.6 Å². The Morgan fingerprint density at radius 3 is 2.24 bits per heavy atom. The molecule has 0 aliphatic heterocycles. The number of hydrogen-bond acceptors (Lipinski definition) is 4. The molecule has 1 amide bonds. The van der Waals surface area contributed by atoms with E-state index in [1.807, 2.05) is 60.7 Å². The van der Waals surface area contributed by atoms with Gasteiger partial charge in [0, 0.05) is 33.5 Å². The highest BCUT2D eigenvalue weighted by Crippen LogP contribution is 2.30. The second-order valence-corrected chi connectivity index (χ2v) is 7.83. The molecule has 0 aliphatic carbocycles. The number of hydrogen-bond donors (Lipinski definition) is 1. The van der Waals surface area contributed by atoms with Gasteiger partial charge < -0.3 is 14.2 Å². The van der Waals surface area contributed by atoms with Gasteiger partial charge in [-0.3, -0.25) is 4.79 Å².